The van der Waals surface area contributed by atoms with Crippen LogP contribution in [0.25, 0.3) is 11.0 Å². The lowest BCUT2D eigenvalue weighted by molar-refractivity contribution is -0.113. The number of hydrogen-bond acceptors (Lipinski definition) is 6. The van der Waals surface area contributed by atoms with E-state index >= 15 is 0 Å². The molecule has 0 aliphatic carbocycles. The van der Waals surface area contributed by atoms with Gasteiger partial charge in [0.2, 0.25) is 5.91 Å². The SMILES string of the molecule is Cc1nc(SCC(=O)Nc2cnc3c(c2)c(C)nn3C)c(C#N)c(C)c1C. The minimum atomic E-state index is -0.177. The van der Waals surface area contributed by atoms with Crippen LogP contribution in [0.2, 0.25) is 0 Å². The predicted octanol–water partition coefficient (Wildman–Crippen LogP) is 3.20. The van der Waals surface area contributed by atoms with Gasteiger partial charge in [0.15, 0.2) is 5.65 Å². The van der Waals surface area contributed by atoms with E-state index in [0.717, 1.165) is 33.5 Å². The van der Waals surface area contributed by atoms with Gasteiger partial charge >= 0.3 is 0 Å². The molecular weight excluding hydrogens is 360 g/mol. The molecule has 0 aliphatic rings. The topological polar surface area (TPSA) is 96.5 Å². The second-order valence-electron chi connectivity index (χ2n) is 6.38. The van der Waals surface area contributed by atoms with Gasteiger partial charge in [0.25, 0.3) is 0 Å². The highest BCUT2D eigenvalue weighted by Gasteiger charge is 2.15. The van der Waals surface area contributed by atoms with Crippen LogP contribution in [0.3, 0.4) is 0 Å². The zero-order chi connectivity index (χ0) is 19.7. The predicted molar refractivity (Wildman–Crippen MR) is 106 cm³/mol. The number of aryl methyl sites for hydroxylation is 3. The monoisotopic (exact) mass is 380 g/mol. The van der Waals surface area contributed by atoms with Crippen LogP contribution in [0.4, 0.5) is 5.69 Å². The van der Waals surface area contributed by atoms with Crippen LogP contribution in [0.1, 0.15) is 28.1 Å². The van der Waals surface area contributed by atoms with Gasteiger partial charge in [0, 0.05) is 18.1 Å². The molecule has 3 heterocycles. The first-order valence-corrected chi connectivity index (χ1v) is 9.40. The van der Waals surface area contributed by atoms with Crippen LogP contribution < -0.4 is 5.32 Å². The van der Waals surface area contributed by atoms with E-state index < -0.39 is 0 Å². The molecular formula is C19H20N6OS. The third kappa shape index (κ3) is 3.64. The van der Waals surface area contributed by atoms with E-state index in [1.165, 1.54) is 11.8 Å². The molecule has 0 radical (unpaired) electrons. The molecule has 0 bridgehead atoms. The highest BCUT2D eigenvalue weighted by molar-refractivity contribution is 8.00. The smallest absolute Gasteiger partial charge is 0.234 e. The Kier molecular flexibility index (Phi) is 5.15. The number of pyridine rings is 2. The second-order valence-corrected chi connectivity index (χ2v) is 7.34. The van der Waals surface area contributed by atoms with Crippen molar-refractivity contribution in [2.45, 2.75) is 32.7 Å². The van der Waals surface area contributed by atoms with Gasteiger partial charge in [0.1, 0.15) is 11.1 Å². The average molecular weight is 380 g/mol. The van der Waals surface area contributed by atoms with E-state index in [2.05, 4.69) is 26.5 Å². The molecule has 1 N–H and O–H groups in total. The van der Waals surface area contributed by atoms with Crippen molar-refractivity contribution in [2.24, 2.45) is 7.05 Å². The Balaban J connectivity index is 1.74. The van der Waals surface area contributed by atoms with E-state index in [0.29, 0.717) is 16.3 Å². The normalized spacial score (nSPS) is 10.8. The maximum absolute atomic E-state index is 12.4. The number of carbonyl (C=O) groups excluding carboxylic acids is 1. The number of aromatic nitrogens is 4. The number of rotatable bonds is 4. The molecule has 8 heteroatoms. The fourth-order valence-electron chi connectivity index (χ4n) is 2.85. The molecule has 0 aliphatic heterocycles. The number of fused-ring (bicyclic) bond motifs is 1. The number of nitrogens with zero attached hydrogens (tertiary/aromatic N) is 5. The van der Waals surface area contributed by atoms with Crippen LogP contribution in [-0.4, -0.2) is 31.4 Å². The summed E-state index contributed by atoms with van der Waals surface area (Å²) in [6.45, 7) is 7.67. The quantitative estimate of drug-likeness (QED) is 0.698. The molecule has 1 amide bonds. The van der Waals surface area contributed by atoms with Crippen molar-refractivity contribution in [3.05, 3.63) is 40.3 Å². The largest absolute Gasteiger partial charge is 0.324 e. The van der Waals surface area contributed by atoms with Crippen molar-refractivity contribution in [3.63, 3.8) is 0 Å². The molecule has 3 aromatic heterocycles. The summed E-state index contributed by atoms with van der Waals surface area (Å²) in [5, 5.41) is 18.1. The molecule has 3 aromatic rings. The zero-order valence-electron chi connectivity index (χ0n) is 15.9. The Morgan fingerprint density at radius 2 is 2.00 bits per heavy atom. The standard InChI is InChI=1S/C19H20N6OS/c1-10-11(2)16(7-20)19(22-12(10)3)27-9-17(26)23-14-6-15-13(4)24-25(5)18(15)21-8-14/h6,8H,9H2,1-5H3,(H,23,26). The minimum absolute atomic E-state index is 0.160. The van der Waals surface area contributed by atoms with Gasteiger partial charge < -0.3 is 5.32 Å². The number of nitriles is 1. The summed E-state index contributed by atoms with van der Waals surface area (Å²) in [5.41, 5.74) is 5.57. The minimum Gasteiger partial charge on any atom is -0.324 e. The molecule has 0 spiro atoms. The number of anilines is 1. The number of hydrogen-bond donors (Lipinski definition) is 1. The summed E-state index contributed by atoms with van der Waals surface area (Å²) < 4.78 is 1.71. The average Bonchev–Trinajstić information content (AvgIpc) is 2.91. The summed E-state index contributed by atoms with van der Waals surface area (Å²) in [5.74, 6) is -0.0162. The first-order chi connectivity index (χ1) is 12.8. The summed E-state index contributed by atoms with van der Waals surface area (Å²) in [6.07, 6.45) is 1.62. The van der Waals surface area contributed by atoms with E-state index in [1.54, 1.807) is 10.9 Å². The number of amides is 1. The van der Waals surface area contributed by atoms with Crippen LogP contribution in [0.15, 0.2) is 17.3 Å². The molecule has 7 nitrogen and oxygen atoms in total. The highest BCUT2D eigenvalue weighted by atomic mass is 32.2. The fourth-order valence-corrected chi connectivity index (χ4v) is 3.74. The summed E-state index contributed by atoms with van der Waals surface area (Å²) in [4.78, 5) is 21.2. The molecule has 0 saturated heterocycles. The molecule has 0 saturated carbocycles. The van der Waals surface area contributed by atoms with Crippen molar-refractivity contribution < 1.29 is 4.79 Å². The number of carbonyl (C=O) groups is 1. The van der Waals surface area contributed by atoms with Gasteiger partial charge in [-0.15, -0.1) is 0 Å². The lowest BCUT2D eigenvalue weighted by Crippen LogP contribution is -2.14. The summed E-state index contributed by atoms with van der Waals surface area (Å²) >= 11 is 1.26. The van der Waals surface area contributed by atoms with Gasteiger partial charge in [-0.1, -0.05) is 11.8 Å². The van der Waals surface area contributed by atoms with Crippen LogP contribution >= 0.6 is 11.8 Å². The molecule has 138 valence electrons. The fraction of sp³-hybridized carbons (Fsp3) is 0.316. The molecule has 0 fully saturated rings. The molecule has 0 unspecified atom stereocenters. The lowest BCUT2D eigenvalue weighted by Gasteiger charge is -2.11. The van der Waals surface area contributed by atoms with Gasteiger partial charge in [-0.2, -0.15) is 10.4 Å². The third-order valence-corrected chi connectivity index (χ3v) is 5.54. The van der Waals surface area contributed by atoms with Gasteiger partial charge in [-0.25, -0.2) is 9.97 Å². The van der Waals surface area contributed by atoms with E-state index in [1.807, 2.05) is 40.8 Å². The van der Waals surface area contributed by atoms with Crippen LogP contribution in [0.5, 0.6) is 0 Å². The molecule has 27 heavy (non-hydrogen) atoms. The Labute approximate surface area is 161 Å². The summed E-state index contributed by atoms with van der Waals surface area (Å²) in [6, 6.07) is 4.07. The third-order valence-electron chi connectivity index (χ3n) is 4.56. The maximum atomic E-state index is 12.4. The van der Waals surface area contributed by atoms with Gasteiger partial charge in [0.05, 0.1) is 28.9 Å². The molecule has 3 rings (SSSR count). The Morgan fingerprint density at radius 3 is 2.70 bits per heavy atom. The van der Waals surface area contributed by atoms with Gasteiger partial charge in [-0.3, -0.25) is 9.48 Å². The van der Waals surface area contributed by atoms with Crippen molar-refractivity contribution >= 4 is 34.4 Å². The lowest BCUT2D eigenvalue weighted by atomic mass is 10.1. The van der Waals surface area contributed by atoms with E-state index in [-0.39, 0.29) is 11.7 Å². The van der Waals surface area contributed by atoms with Crippen molar-refractivity contribution in [1.29, 1.82) is 5.26 Å². The maximum Gasteiger partial charge on any atom is 0.234 e. The Bertz CT molecular complexity index is 1100. The summed E-state index contributed by atoms with van der Waals surface area (Å²) in [7, 11) is 1.84. The molecule has 0 aromatic carbocycles. The Morgan fingerprint density at radius 1 is 1.26 bits per heavy atom. The number of thioether (sulfide) groups is 1. The van der Waals surface area contributed by atoms with Crippen LogP contribution in [0, 0.1) is 39.0 Å². The van der Waals surface area contributed by atoms with Crippen molar-refractivity contribution in [1.82, 2.24) is 19.7 Å². The molecule has 0 atom stereocenters. The van der Waals surface area contributed by atoms with Crippen LogP contribution in [-0.2, 0) is 11.8 Å². The van der Waals surface area contributed by atoms with E-state index in [4.69, 9.17) is 0 Å². The highest BCUT2D eigenvalue weighted by Crippen LogP contribution is 2.26. The zero-order valence-corrected chi connectivity index (χ0v) is 16.7. The number of nitrogens with one attached hydrogen (secondary N) is 1. The van der Waals surface area contributed by atoms with Crippen molar-refractivity contribution in [3.8, 4) is 6.07 Å². The van der Waals surface area contributed by atoms with E-state index in [9.17, 15) is 10.1 Å². The first kappa shape index (κ1) is 18.9. The first-order valence-electron chi connectivity index (χ1n) is 8.41. The van der Waals surface area contributed by atoms with Crippen molar-refractivity contribution in [2.75, 3.05) is 11.1 Å². The second kappa shape index (κ2) is 7.37. The van der Waals surface area contributed by atoms with Gasteiger partial charge in [-0.05, 0) is 44.9 Å². The Hall–Kier alpha value is -2.92.